The van der Waals surface area contributed by atoms with E-state index in [1.165, 1.54) is 5.56 Å². The van der Waals surface area contributed by atoms with Crippen LogP contribution < -0.4 is 10.1 Å². The SMILES string of the molecule is Cc1cccc(COc2ccc(C3CC(=O)Nc4n[nH]c(-c5ccccc5)c43)cc2)c1. The molecule has 2 heterocycles. The van der Waals surface area contributed by atoms with Crippen LogP contribution in [-0.2, 0) is 11.4 Å². The Bertz CT molecular complexity index is 1210. The van der Waals surface area contributed by atoms with Gasteiger partial charge in [-0.1, -0.05) is 72.3 Å². The summed E-state index contributed by atoms with van der Waals surface area (Å²) in [4.78, 5) is 12.3. The zero-order valence-corrected chi connectivity index (χ0v) is 17.3. The molecular weight excluding hydrogens is 386 g/mol. The lowest BCUT2D eigenvalue weighted by Gasteiger charge is -2.23. The molecule has 0 aliphatic carbocycles. The number of benzene rings is 3. The number of rotatable bonds is 5. The van der Waals surface area contributed by atoms with Crippen LogP contribution in [0.15, 0.2) is 78.9 Å². The number of H-pyrrole nitrogens is 1. The van der Waals surface area contributed by atoms with Crippen molar-refractivity contribution in [3.63, 3.8) is 0 Å². The number of ether oxygens (including phenoxy) is 1. The van der Waals surface area contributed by atoms with Crippen LogP contribution in [0.1, 0.15) is 34.6 Å². The molecule has 1 unspecified atom stereocenters. The predicted molar refractivity (Wildman–Crippen MR) is 121 cm³/mol. The van der Waals surface area contributed by atoms with Crippen molar-refractivity contribution in [3.05, 3.63) is 101 Å². The van der Waals surface area contributed by atoms with Crippen molar-refractivity contribution in [1.82, 2.24) is 10.2 Å². The van der Waals surface area contributed by atoms with Gasteiger partial charge in [0.15, 0.2) is 5.82 Å². The number of aryl methyl sites for hydroxylation is 1. The summed E-state index contributed by atoms with van der Waals surface area (Å²) < 4.78 is 5.96. The maximum absolute atomic E-state index is 12.3. The molecule has 154 valence electrons. The van der Waals surface area contributed by atoms with Crippen molar-refractivity contribution < 1.29 is 9.53 Å². The maximum atomic E-state index is 12.3. The van der Waals surface area contributed by atoms with Crippen LogP contribution in [0.25, 0.3) is 11.3 Å². The topological polar surface area (TPSA) is 67.0 Å². The normalized spacial score (nSPS) is 15.3. The lowest BCUT2D eigenvalue weighted by atomic mass is 9.84. The molecule has 5 nitrogen and oxygen atoms in total. The first-order valence-corrected chi connectivity index (χ1v) is 10.4. The second kappa shape index (κ2) is 8.11. The van der Waals surface area contributed by atoms with Crippen molar-refractivity contribution >= 4 is 11.7 Å². The number of fused-ring (bicyclic) bond motifs is 1. The second-order valence-corrected chi connectivity index (χ2v) is 7.88. The molecule has 31 heavy (non-hydrogen) atoms. The number of carbonyl (C=O) groups excluding carboxylic acids is 1. The van der Waals surface area contributed by atoms with Crippen LogP contribution >= 0.6 is 0 Å². The van der Waals surface area contributed by atoms with Crippen molar-refractivity contribution in [1.29, 1.82) is 0 Å². The molecule has 4 aromatic rings. The van der Waals surface area contributed by atoms with Crippen LogP contribution in [0.2, 0.25) is 0 Å². The third-order valence-electron chi connectivity index (χ3n) is 5.63. The molecule has 1 aliphatic heterocycles. The number of carbonyl (C=O) groups is 1. The zero-order valence-electron chi connectivity index (χ0n) is 17.3. The number of hydrogen-bond acceptors (Lipinski definition) is 3. The van der Waals surface area contributed by atoms with E-state index in [0.29, 0.717) is 18.8 Å². The molecule has 1 amide bonds. The van der Waals surface area contributed by atoms with Crippen LogP contribution in [0.4, 0.5) is 5.82 Å². The van der Waals surface area contributed by atoms with Gasteiger partial charge in [-0.2, -0.15) is 5.10 Å². The van der Waals surface area contributed by atoms with Gasteiger partial charge in [0.2, 0.25) is 5.91 Å². The monoisotopic (exact) mass is 409 g/mol. The Morgan fingerprint density at radius 2 is 1.81 bits per heavy atom. The highest BCUT2D eigenvalue weighted by Crippen LogP contribution is 2.41. The van der Waals surface area contributed by atoms with Gasteiger partial charge in [0.1, 0.15) is 12.4 Å². The van der Waals surface area contributed by atoms with E-state index >= 15 is 0 Å². The summed E-state index contributed by atoms with van der Waals surface area (Å²) in [6.07, 6.45) is 0.385. The average molecular weight is 409 g/mol. The number of aromatic nitrogens is 2. The Balaban J connectivity index is 1.41. The molecule has 0 fully saturated rings. The van der Waals surface area contributed by atoms with Gasteiger partial charge in [-0.05, 0) is 35.7 Å². The van der Waals surface area contributed by atoms with Crippen LogP contribution in [0, 0.1) is 6.92 Å². The molecule has 0 radical (unpaired) electrons. The highest BCUT2D eigenvalue weighted by molar-refractivity contribution is 5.96. The van der Waals surface area contributed by atoms with Gasteiger partial charge < -0.3 is 10.1 Å². The van der Waals surface area contributed by atoms with Crippen molar-refractivity contribution in [2.45, 2.75) is 25.9 Å². The van der Waals surface area contributed by atoms with E-state index in [2.05, 4.69) is 40.6 Å². The average Bonchev–Trinajstić information content (AvgIpc) is 3.22. The van der Waals surface area contributed by atoms with Gasteiger partial charge >= 0.3 is 0 Å². The summed E-state index contributed by atoms with van der Waals surface area (Å²) >= 11 is 0. The first-order chi connectivity index (χ1) is 15.2. The fourth-order valence-corrected chi connectivity index (χ4v) is 4.13. The number of nitrogens with zero attached hydrogens (tertiary/aromatic N) is 1. The number of hydrogen-bond donors (Lipinski definition) is 2. The van der Waals surface area contributed by atoms with E-state index < -0.39 is 0 Å². The van der Waals surface area contributed by atoms with Crippen LogP contribution in [-0.4, -0.2) is 16.1 Å². The predicted octanol–water partition coefficient (Wildman–Crippen LogP) is 5.44. The van der Waals surface area contributed by atoms with Crippen LogP contribution in [0.5, 0.6) is 5.75 Å². The molecule has 0 spiro atoms. The first-order valence-electron chi connectivity index (χ1n) is 10.4. The highest BCUT2D eigenvalue weighted by atomic mass is 16.5. The number of amides is 1. The van der Waals surface area contributed by atoms with Gasteiger partial charge in [0.05, 0.1) is 5.69 Å². The van der Waals surface area contributed by atoms with Gasteiger partial charge in [-0.25, -0.2) is 0 Å². The Hall–Kier alpha value is -3.86. The summed E-state index contributed by atoms with van der Waals surface area (Å²) in [7, 11) is 0. The number of aromatic amines is 1. The minimum Gasteiger partial charge on any atom is -0.489 e. The lowest BCUT2D eigenvalue weighted by Crippen LogP contribution is -2.23. The Kier molecular flexibility index (Phi) is 5.00. The molecule has 0 saturated heterocycles. The summed E-state index contributed by atoms with van der Waals surface area (Å²) in [5.41, 5.74) is 6.45. The largest absolute Gasteiger partial charge is 0.489 e. The quantitative estimate of drug-likeness (QED) is 0.461. The Morgan fingerprint density at radius 1 is 1.00 bits per heavy atom. The third-order valence-corrected chi connectivity index (χ3v) is 5.63. The summed E-state index contributed by atoms with van der Waals surface area (Å²) in [5, 5.41) is 10.4. The molecule has 0 saturated carbocycles. The van der Waals surface area contributed by atoms with Gasteiger partial charge in [-0.3, -0.25) is 9.89 Å². The van der Waals surface area contributed by atoms with E-state index in [9.17, 15) is 4.79 Å². The molecule has 1 aromatic heterocycles. The molecule has 2 N–H and O–H groups in total. The fraction of sp³-hybridized carbons (Fsp3) is 0.154. The molecule has 0 bridgehead atoms. The van der Waals surface area contributed by atoms with E-state index in [4.69, 9.17) is 4.74 Å². The van der Waals surface area contributed by atoms with Crippen molar-refractivity contribution in [2.24, 2.45) is 0 Å². The minimum atomic E-state index is -0.0662. The van der Waals surface area contributed by atoms with E-state index in [0.717, 1.165) is 33.7 Å². The molecule has 5 rings (SSSR count). The minimum absolute atomic E-state index is 0.0246. The smallest absolute Gasteiger partial charge is 0.226 e. The van der Waals surface area contributed by atoms with E-state index in [-0.39, 0.29) is 11.8 Å². The molecule has 5 heteroatoms. The fourth-order valence-electron chi connectivity index (χ4n) is 4.13. The Labute approximate surface area is 181 Å². The molecule has 1 aliphatic rings. The first kappa shape index (κ1) is 19.1. The number of nitrogens with one attached hydrogen (secondary N) is 2. The number of anilines is 1. The summed E-state index contributed by atoms with van der Waals surface area (Å²) in [6.45, 7) is 2.60. The van der Waals surface area contributed by atoms with Crippen LogP contribution in [0.3, 0.4) is 0 Å². The third kappa shape index (κ3) is 3.94. The van der Waals surface area contributed by atoms with Crippen molar-refractivity contribution in [3.8, 4) is 17.0 Å². The maximum Gasteiger partial charge on any atom is 0.226 e. The molecule has 1 atom stereocenters. The standard InChI is InChI=1S/C26H23N3O2/c1-17-6-5-7-18(14-17)16-31-21-12-10-19(11-13-21)22-15-23(30)27-26-24(22)25(28-29-26)20-8-3-2-4-9-20/h2-14,22H,15-16H2,1H3,(H2,27,28,29,30). The highest BCUT2D eigenvalue weighted by Gasteiger charge is 2.32. The van der Waals surface area contributed by atoms with Gasteiger partial charge in [0, 0.05) is 17.9 Å². The zero-order chi connectivity index (χ0) is 21.2. The molecular formula is C26H23N3O2. The summed E-state index contributed by atoms with van der Waals surface area (Å²) in [5.74, 6) is 1.33. The van der Waals surface area contributed by atoms with E-state index in [1.807, 2.05) is 60.7 Å². The van der Waals surface area contributed by atoms with Gasteiger partial charge in [-0.15, -0.1) is 0 Å². The van der Waals surface area contributed by atoms with Gasteiger partial charge in [0.25, 0.3) is 0 Å². The Morgan fingerprint density at radius 3 is 2.58 bits per heavy atom. The van der Waals surface area contributed by atoms with Crippen molar-refractivity contribution in [2.75, 3.05) is 5.32 Å². The van der Waals surface area contributed by atoms with E-state index in [1.54, 1.807) is 0 Å². The molecule has 3 aromatic carbocycles. The second-order valence-electron chi connectivity index (χ2n) is 7.88. The summed E-state index contributed by atoms with van der Waals surface area (Å²) in [6, 6.07) is 26.4. The lowest BCUT2D eigenvalue weighted by molar-refractivity contribution is -0.116.